The molecule has 1 aliphatic heterocycles. The first-order chi connectivity index (χ1) is 12.2. The Morgan fingerprint density at radius 2 is 1.72 bits per heavy atom. The van der Waals surface area contributed by atoms with Gasteiger partial charge in [0.05, 0.1) is 13.2 Å². The lowest BCUT2D eigenvalue weighted by Gasteiger charge is -2.35. The fourth-order valence-corrected chi connectivity index (χ4v) is 3.65. The van der Waals surface area contributed by atoms with Crippen LogP contribution in [0.25, 0.3) is 0 Å². The van der Waals surface area contributed by atoms with E-state index >= 15 is 0 Å². The van der Waals surface area contributed by atoms with E-state index in [1.807, 2.05) is 31.2 Å². The van der Waals surface area contributed by atoms with Gasteiger partial charge in [-0.25, -0.2) is 0 Å². The van der Waals surface area contributed by atoms with Crippen LogP contribution in [0.5, 0.6) is 5.75 Å². The molecular weight excluding hydrogens is 310 g/mol. The quantitative estimate of drug-likeness (QED) is 0.739. The Morgan fingerprint density at radius 3 is 2.32 bits per heavy atom. The largest absolute Gasteiger partial charge is 0.497 e. The third-order valence-electron chi connectivity index (χ3n) is 5.32. The molecule has 0 N–H and O–H groups in total. The number of nitrogens with zero attached hydrogens (tertiary/aromatic N) is 1. The molecule has 1 atom stereocenters. The molecular formula is C22H27NO2. The van der Waals surface area contributed by atoms with Gasteiger partial charge in [0.15, 0.2) is 5.78 Å². The van der Waals surface area contributed by atoms with Gasteiger partial charge in [0.1, 0.15) is 5.75 Å². The molecule has 1 aliphatic rings. The lowest BCUT2D eigenvalue weighted by Crippen LogP contribution is -2.44. The Bertz CT molecular complexity index is 673. The van der Waals surface area contributed by atoms with Crippen LogP contribution >= 0.6 is 0 Å². The van der Waals surface area contributed by atoms with Gasteiger partial charge in [0.25, 0.3) is 0 Å². The van der Waals surface area contributed by atoms with Crippen molar-refractivity contribution in [1.29, 1.82) is 0 Å². The van der Waals surface area contributed by atoms with Crippen molar-refractivity contribution < 1.29 is 9.53 Å². The van der Waals surface area contributed by atoms with Gasteiger partial charge < -0.3 is 4.74 Å². The molecule has 1 fully saturated rings. The van der Waals surface area contributed by atoms with Crippen LogP contribution in [-0.2, 0) is 6.42 Å². The van der Waals surface area contributed by atoms with E-state index in [4.69, 9.17) is 4.74 Å². The van der Waals surface area contributed by atoms with E-state index in [1.54, 1.807) is 7.11 Å². The van der Waals surface area contributed by atoms with Crippen molar-refractivity contribution in [2.45, 2.75) is 32.2 Å². The van der Waals surface area contributed by atoms with Gasteiger partial charge in [-0.1, -0.05) is 30.3 Å². The van der Waals surface area contributed by atoms with Crippen molar-refractivity contribution in [2.24, 2.45) is 5.92 Å². The molecule has 0 spiro atoms. The van der Waals surface area contributed by atoms with Crippen LogP contribution in [0, 0.1) is 5.92 Å². The standard InChI is InChI=1S/C22H27NO2/c1-17(22(24)20-8-10-21(25-2)11-9-20)23-14-12-19(13-15-23)16-18-6-4-3-5-7-18/h3-11,17,19H,12-16H2,1-2H3. The van der Waals surface area contributed by atoms with Crippen LogP contribution in [-0.4, -0.2) is 36.9 Å². The lowest BCUT2D eigenvalue weighted by atomic mass is 9.89. The summed E-state index contributed by atoms with van der Waals surface area (Å²) in [5.74, 6) is 1.71. The number of ether oxygens (including phenoxy) is 1. The minimum atomic E-state index is -0.0638. The Balaban J connectivity index is 1.53. The van der Waals surface area contributed by atoms with Crippen LogP contribution in [0.2, 0.25) is 0 Å². The minimum Gasteiger partial charge on any atom is -0.497 e. The molecule has 2 aromatic carbocycles. The summed E-state index contributed by atoms with van der Waals surface area (Å²) in [5.41, 5.74) is 2.18. The highest BCUT2D eigenvalue weighted by Crippen LogP contribution is 2.24. The number of hydrogen-bond acceptors (Lipinski definition) is 3. The van der Waals surface area contributed by atoms with Gasteiger partial charge in [-0.15, -0.1) is 0 Å². The van der Waals surface area contributed by atoms with E-state index < -0.39 is 0 Å². The second-order valence-electron chi connectivity index (χ2n) is 6.94. The van der Waals surface area contributed by atoms with E-state index in [9.17, 15) is 4.79 Å². The number of benzene rings is 2. The van der Waals surface area contributed by atoms with Crippen LogP contribution in [0.3, 0.4) is 0 Å². The van der Waals surface area contributed by atoms with Crippen molar-refractivity contribution in [2.75, 3.05) is 20.2 Å². The number of hydrogen-bond donors (Lipinski definition) is 0. The third kappa shape index (κ3) is 4.49. The molecule has 0 aliphatic carbocycles. The smallest absolute Gasteiger partial charge is 0.179 e. The average molecular weight is 337 g/mol. The highest BCUT2D eigenvalue weighted by Gasteiger charge is 2.27. The first kappa shape index (κ1) is 17.7. The van der Waals surface area contributed by atoms with Crippen molar-refractivity contribution >= 4 is 5.78 Å². The fraction of sp³-hybridized carbons (Fsp3) is 0.409. The first-order valence-corrected chi connectivity index (χ1v) is 9.13. The molecule has 0 saturated carbocycles. The van der Waals surface area contributed by atoms with E-state index in [-0.39, 0.29) is 11.8 Å². The molecule has 1 heterocycles. The van der Waals surface area contributed by atoms with Crippen molar-refractivity contribution in [3.05, 3.63) is 65.7 Å². The number of carbonyl (C=O) groups excluding carboxylic acids is 1. The van der Waals surface area contributed by atoms with Gasteiger partial charge in [-0.3, -0.25) is 9.69 Å². The van der Waals surface area contributed by atoms with Gasteiger partial charge in [0.2, 0.25) is 0 Å². The zero-order chi connectivity index (χ0) is 17.6. The van der Waals surface area contributed by atoms with E-state index in [0.29, 0.717) is 0 Å². The Labute approximate surface area is 150 Å². The zero-order valence-electron chi connectivity index (χ0n) is 15.2. The lowest BCUT2D eigenvalue weighted by molar-refractivity contribution is 0.0771. The second-order valence-corrected chi connectivity index (χ2v) is 6.94. The average Bonchev–Trinajstić information content (AvgIpc) is 2.68. The number of rotatable bonds is 6. The summed E-state index contributed by atoms with van der Waals surface area (Å²) < 4.78 is 5.16. The number of methoxy groups -OCH3 is 1. The SMILES string of the molecule is COc1ccc(C(=O)C(C)N2CCC(Cc3ccccc3)CC2)cc1. The predicted octanol–water partition coefficient (Wildman–Crippen LogP) is 4.22. The minimum absolute atomic E-state index is 0.0638. The molecule has 0 aromatic heterocycles. The van der Waals surface area contributed by atoms with Gasteiger partial charge in [-0.2, -0.15) is 0 Å². The molecule has 3 rings (SSSR count). The second kappa shape index (κ2) is 8.30. The molecule has 0 bridgehead atoms. The summed E-state index contributed by atoms with van der Waals surface area (Å²) in [6.07, 6.45) is 3.47. The van der Waals surface area contributed by atoms with Crippen LogP contribution < -0.4 is 4.74 Å². The van der Waals surface area contributed by atoms with Gasteiger partial charge >= 0.3 is 0 Å². The molecule has 132 valence electrons. The molecule has 1 saturated heterocycles. The van der Waals surface area contributed by atoms with E-state index in [2.05, 4.69) is 35.2 Å². The topological polar surface area (TPSA) is 29.5 Å². The number of carbonyl (C=O) groups is 1. The summed E-state index contributed by atoms with van der Waals surface area (Å²) in [5, 5.41) is 0. The highest BCUT2D eigenvalue weighted by molar-refractivity contribution is 5.99. The number of ketones is 1. The summed E-state index contributed by atoms with van der Waals surface area (Å²) in [7, 11) is 1.64. The number of likely N-dealkylation sites (tertiary alicyclic amines) is 1. The van der Waals surface area contributed by atoms with Crippen LogP contribution in [0.1, 0.15) is 35.7 Å². The van der Waals surface area contributed by atoms with Gasteiger partial charge in [-0.05, 0) is 75.0 Å². The summed E-state index contributed by atoms with van der Waals surface area (Å²) >= 11 is 0. The van der Waals surface area contributed by atoms with Gasteiger partial charge in [0, 0.05) is 5.56 Å². The maximum Gasteiger partial charge on any atom is 0.179 e. The maximum absolute atomic E-state index is 12.7. The molecule has 0 amide bonds. The summed E-state index contributed by atoms with van der Waals surface area (Å²) in [4.78, 5) is 15.1. The zero-order valence-corrected chi connectivity index (χ0v) is 15.2. The number of Topliss-reactive ketones (excluding diaryl/α,β-unsaturated/α-hetero) is 1. The van der Waals surface area contributed by atoms with Crippen molar-refractivity contribution in [3.8, 4) is 5.75 Å². The summed E-state index contributed by atoms with van der Waals surface area (Å²) in [6.45, 7) is 4.03. The Morgan fingerprint density at radius 1 is 1.08 bits per heavy atom. The fourth-order valence-electron chi connectivity index (χ4n) is 3.65. The molecule has 1 unspecified atom stereocenters. The van der Waals surface area contributed by atoms with Crippen molar-refractivity contribution in [1.82, 2.24) is 4.90 Å². The number of piperidine rings is 1. The monoisotopic (exact) mass is 337 g/mol. The molecule has 0 radical (unpaired) electrons. The first-order valence-electron chi connectivity index (χ1n) is 9.13. The summed E-state index contributed by atoms with van der Waals surface area (Å²) in [6, 6.07) is 18.1. The van der Waals surface area contributed by atoms with E-state index in [0.717, 1.165) is 49.6 Å². The molecule has 2 aromatic rings. The van der Waals surface area contributed by atoms with E-state index in [1.165, 1.54) is 5.56 Å². The maximum atomic E-state index is 12.7. The molecule has 3 nitrogen and oxygen atoms in total. The molecule has 25 heavy (non-hydrogen) atoms. The Kier molecular flexibility index (Phi) is 5.87. The normalized spacial score (nSPS) is 17.2. The predicted molar refractivity (Wildman–Crippen MR) is 101 cm³/mol. The Hall–Kier alpha value is -2.13. The van der Waals surface area contributed by atoms with Crippen molar-refractivity contribution in [3.63, 3.8) is 0 Å². The molecule has 3 heteroatoms. The van der Waals surface area contributed by atoms with Crippen LogP contribution in [0.15, 0.2) is 54.6 Å². The highest BCUT2D eigenvalue weighted by atomic mass is 16.5. The van der Waals surface area contributed by atoms with Crippen LogP contribution in [0.4, 0.5) is 0 Å². The third-order valence-corrected chi connectivity index (χ3v) is 5.32.